The highest BCUT2D eigenvalue weighted by Gasteiger charge is 2.40. The molecule has 0 aromatic heterocycles. The second-order valence-electron chi connectivity index (χ2n) is 3.83. The molecule has 0 spiro atoms. The predicted octanol–water partition coefficient (Wildman–Crippen LogP) is 2.52. The first-order chi connectivity index (χ1) is 8.65. The molecule has 0 fully saturated rings. The molecular formula is C13H22O4Si. The molecule has 0 aliphatic rings. The third-order valence-electron chi connectivity index (χ3n) is 2.45. The molecule has 4 nitrogen and oxygen atoms in total. The Kier molecular flexibility index (Phi) is 6.35. The SMILES string of the molecule is CCO[Si](Cc1ccc(O)cc1)(OCC)OCC. The molecule has 0 radical (unpaired) electrons. The minimum absolute atomic E-state index is 0.259. The molecule has 5 heteroatoms. The van der Waals surface area contributed by atoms with Crippen LogP contribution in [-0.4, -0.2) is 33.7 Å². The minimum Gasteiger partial charge on any atom is -0.508 e. The summed E-state index contributed by atoms with van der Waals surface area (Å²) in [4.78, 5) is 0. The van der Waals surface area contributed by atoms with Crippen molar-refractivity contribution in [2.75, 3.05) is 19.8 Å². The molecule has 18 heavy (non-hydrogen) atoms. The van der Waals surface area contributed by atoms with E-state index in [9.17, 15) is 5.11 Å². The van der Waals surface area contributed by atoms with E-state index in [-0.39, 0.29) is 5.75 Å². The summed E-state index contributed by atoms with van der Waals surface area (Å²) in [5.74, 6) is 0.259. The summed E-state index contributed by atoms with van der Waals surface area (Å²) in [5, 5.41) is 9.28. The van der Waals surface area contributed by atoms with Crippen molar-refractivity contribution in [3.63, 3.8) is 0 Å². The van der Waals surface area contributed by atoms with Crippen LogP contribution in [0.3, 0.4) is 0 Å². The van der Waals surface area contributed by atoms with Crippen LogP contribution in [0.1, 0.15) is 26.3 Å². The highest BCUT2D eigenvalue weighted by Crippen LogP contribution is 2.19. The van der Waals surface area contributed by atoms with Crippen molar-refractivity contribution in [3.05, 3.63) is 29.8 Å². The van der Waals surface area contributed by atoms with Crippen LogP contribution in [0.25, 0.3) is 0 Å². The summed E-state index contributed by atoms with van der Waals surface area (Å²) >= 11 is 0. The largest absolute Gasteiger partial charge is 0.508 e. The van der Waals surface area contributed by atoms with Crippen LogP contribution in [0.2, 0.25) is 0 Å². The Morgan fingerprint density at radius 1 is 0.889 bits per heavy atom. The summed E-state index contributed by atoms with van der Waals surface area (Å²) in [6.45, 7) is 7.54. The maximum Gasteiger partial charge on any atom is 0.505 e. The quantitative estimate of drug-likeness (QED) is 0.737. The van der Waals surface area contributed by atoms with E-state index >= 15 is 0 Å². The van der Waals surface area contributed by atoms with Gasteiger partial charge < -0.3 is 18.4 Å². The molecule has 1 N–H and O–H groups in total. The van der Waals surface area contributed by atoms with E-state index in [1.165, 1.54) is 0 Å². The maximum absolute atomic E-state index is 9.28. The Bertz CT molecular complexity index is 322. The Labute approximate surface area is 110 Å². The fourth-order valence-electron chi connectivity index (χ4n) is 1.80. The van der Waals surface area contributed by atoms with Crippen molar-refractivity contribution in [2.45, 2.75) is 26.8 Å². The Morgan fingerprint density at radius 3 is 1.72 bits per heavy atom. The van der Waals surface area contributed by atoms with E-state index < -0.39 is 8.80 Å². The Hall–Kier alpha value is -0.883. The summed E-state index contributed by atoms with van der Waals surface area (Å²) in [7, 11) is -2.64. The van der Waals surface area contributed by atoms with Crippen LogP contribution in [-0.2, 0) is 19.3 Å². The average molecular weight is 270 g/mol. The zero-order valence-corrected chi connectivity index (χ0v) is 12.3. The van der Waals surface area contributed by atoms with Crippen molar-refractivity contribution in [3.8, 4) is 5.75 Å². The molecule has 0 atom stereocenters. The number of phenolic OH excluding ortho intramolecular Hbond substituents is 1. The minimum atomic E-state index is -2.64. The number of hydrogen-bond donors (Lipinski definition) is 1. The lowest BCUT2D eigenvalue weighted by Gasteiger charge is -2.28. The normalized spacial score (nSPS) is 11.7. The smallest absolute Gasteiger partial charge is 0.505 e. The third-order valence-corrected chi connectivity index (χ3v) is 5.48. The lowest BCUT2D eigenvalue weighted by molar-refractivity contribution is 0.0704. The van der Waals surface area contributed by atoms with Gasteiger partial charge in [0.25, 0.3) is 0 Å². The van der Waals surface area contributed by atoms with Crippen LogP contribution in [0.15, 0.2) is 24.3 Å². The van der Waals surface area contributed by atoms with E-state index in [2.05, 4.69) is 0 Å². The molecule has 0 amide bonds. The molecule has 1 rings (SSSR count). The first-order valence-electron chi connectivity index (χ1n) is 6.35. The zero-order valence-electron chi connectivity index (χ0n) is 11.3. The van der Waals surface area contributed by atoms with Crippen LogP contribution in [0.5, 0.6) is 5.75 Å². The van der Waals surface area contributed by atoms with E-state index in [0.717, 1.165) is 5.56 Å². The lowest BCUT2D eigenvalue weighted by Crippen LogP contribution is -2.48. The first kappa shape index (κ1) is 15.2. The molecule has 0 aliphatic carbocycles. The fourth-order valence-corrected chi connectivity index (χ4v) is 4.41. The average Bonchev–Trinajstić information content (AvgIpc) is 2.33. The van der Waals surface area contributed by atoms with Crippen molar-refractivity contribution >= 4 is 8.80 Å². The molecule has 0 saturated heterocycles. The van der Waals surface area contributed by atoms with Gasteiger partial charge in [0.05, 0.1) is 0 Å². The fraction of sp³-hybridized carbons (Fsp3) is 0.538. The van der Waals surface area contributed by atoms with Gasteiger partial charge in [0.1, 0.15) is 5.75 Å². The van der Waals surface area contributed by atoms with Crippen molar-refractivity contribution in [2.24, 2.45) is 0 Å². The van der Waals surface area contributed by atoms with Gasteiger partial charge in [-0.05, 0) is 38.5 Å². The number of hydrogen-bond acceptors (Lipinski definition) is 4. The molecule has 0 unspecified atom stereocenters. The van der Waals surface area contributed by atoms with Crippen molar-refractivity contribution in [1.82, 2.24) is 0 Å². The van der Waals surface area contributed by atoms with Crippen LogP contribution >= 0.6 is 0 Å². The van der Waals surface area contributed by atoms with Crippen molar-refractivity contribution in [1.29, 1.82) is 0 Å². The number of benzene rings is 1. The van der Waals surface area contributed by atoms with Gasteiger partial charge in [0.2, 0.25) is 0 Å². The van der Waals surface area contributed by atoms with Gasteiger partial charge in [-0.3, -0.25) is 0 Å². The monoisotopic (exact) mass is 270 g/mol. The Balaban J connectivity index is 2.84. The van der Waals surface area contributed by atoms with Gasteiger partial charge in [-0.25, -0.2) is 0 Å². The zero-order chi connectivity index (χ0) is 13.4. The van der Waals surface area contributed by atoms with Gasteiger partial charge >= 0.3 is 8.80 Å². The highest BCUT2D eigenvalue weighted by molar-refractivity contribution is 6.60. The lowest BCUT2D eigenvalue weighted by atomic mass is 10.2. The van der Waals surface area contributed by atoms with Crippen LogP contribution < -0.4 is 0 Å². The standard InChI is InChI=1S/C13H22O4Si/c1-4-15-18(16-5-2,17-6-3)11-12-7-9-13(14)10-8-12/h7-10,14H,4-6,11H2,1-3H3. The van der Waals surface area contributed by atoms with Crippen molar-refractivity contribution < 1.29 is 18.4 Å². The van der Waals surface area contributed by atoms with Crippen LogP contribution in [0.4, 0.5) is 0 Å². The first-order valence-corrected chi connectivity index (χ1v) is 8.28. The molecule has 1 aromatic rings. The molecule has 0 heterocycles. The molecular weight excluding hydrogens is 248 g/mol. The summed E-state index contributed by atoms with van der Waals surface area (Å²) in [6, 6.07) is 7.70. The molecule has 102 valence electrons. The Morgan fingerprint density at radius 2 is 1.33 bits per heavy atom. The maximum atomic E-state index is 9.28. The number of aromatic hydroxyl groups is 1. The van der Waals surface area contributed by atoms with E-state index in [0.29, 0.717) is 25.9 Å². The molecule has 0 aliphatic heterocycles. The van der Waals surface area contributed by atoms with Crippen LogP contribution in [0, 0.1) is 0 Å². The van der Waals surface area contributed by atoms with Gasteiger partial charge in [0.15, 0.2) is 0 Å². The molecule has 0 saturated carbocycles. The van der Waals surface area contributed by atoms with E-state index in [4.69, 9.17) is 13.3 Å². The van der Waals surface area contributed by atoms with Gasteiger partial charge in [-0.1, -0.05) is 12.1 Å². The highest BCUT2D eigenvalue weighted by atomic mass is 28.4. The van der Waals surface area contributed by atoms with Gasteiger partial charge in [-0.15, -0.1) is 0 Å². The van der Waals surface area contributed by atoms with Gasteiger partial charge in [-0.2, -0.15) is 0 Å². The molecule has 1 aromatic carbocycles. The van der Waals surface area contributed by atoms with E-state index in [1.807, 2.05) is 32.9 Å². The summed E-state index contributed by atoms with van der Waals surface area (Å²) in [6.07, 6.45) is 0. The second-order valence-corrected chi connectivity index (χ2v) is 6.41. The summed E-state index contributed by atoms with van der Waals surface area (Å²) in [5.41, 5.74) is 1.05. The predicted molar refractivity (Wildman–Crippen MR) is 72.4 cm³/mol. The molecule has 0 bridgehead atoms. The summed E-state index contributed by atoms with van der Waals surface area (Å²) < 4.78 is 17.3. The number of phenols is 1. The topological polar surface area (TPSA) is 47.9 Å². The second kappa shape index (κ2) is 7.53. The number of rotatable bonds is 8. The van der Waals surface area contributed by atoms with Gasteiger partial charge in [0, 0.05) is 25.9 Å². The van der Waals surface area contributed by atoms with E-state index in [1.54, 1.807) is 12.1 Å². The third kappa shape index (κ3) is 4.42.